The zero-order chi connectivity index (χ0) is 22.5. The average Bonchev–Trinajstić information content (AvgIpc) is 3.45. The molecular weight excluding hydrogens is 414 g/mol. The van der Waals surface area contributed by atoms with Gasteiger partial charge in [-0.15, -0.1) is 0 Å². The Morgan fingerprint density at radius 2 is 1.88 bits per heavy atom. The third kappa shape index (κ3) is 4.82. The summed E-state index contributed by atoms with van der Waals surface area (Å²) in [5.74, 6) is -0.286. The van der Waals surface area contributed by atoms with Gasteiger partial charge in [0.05, 0.1) is 24.5 Å². The summed E-state index contributed by atoms with van der Waals surface area (Å²) in [5, 5.41) is 6.45. The van der Waals surface area contributed by atoms with E-state index < -0.39 is 11.6 Å². The lowest BCUT2D eigenvalue weighted by Crippen LogP contribution is -2.23. The minimum Gasteiger partial charge on any atom is -0.379 e. The Kier molecular flexibility index (Phi) is 7.14. The molecule has 2 fully saturated rings. The number of aromatic nitrogens is 4. The second-order valence-electron chi connectivity index (χ2n) is 7.95. The van der Waals surface area contributed by atoms with Crippen molar-refractivity contribution in [3.05, 3.63) is 36.0 Å². The molecule has 0 radical (unpaired) electrons. The molecule has 1 saturated carbocycles. The predicted octanol–water partition coefficient (Wildman–Crippen LogP) is 5.58. The van der Waals surface area contributed by atoms with Crippen LogP contribution >= 0.6 is 0 Å². The van der Waals surface area contributed by atoms with Crippen molar-refractivity contribution >= 4 is 28.7 Å². The number of halogens is 2. The van der Waals surface area contributed by atoms with Crippen molar-refractivity contribution in [1.29, 1.82) is 0 Å². The molecule has 7 nitrogen and oxygen atoms in total. The molecule has 2 aliphatic rings. The molecule has 32 heavy (non-hydrogen) atoms. The van der Waals surface area contributed by atoms with E-state index in [0.717, 1.165) is 25.3 Å². The lowest BCUT2D eigenvalue weighted by atomic mass is 9.96. The monoisotopic (exact) mass is 444 g/mol. The van der Waals surface area contributed by atoms with Crippen LogP contribution in [-0.2, 0) is 4.74 Å². The van der Waals surface area contributed by atoms with Crippen molar-refractivity contribution in [1.82, 2.24) is 19.5 Å². The van der Waals surface area contributed by atoms with Gasteiger partial charge >= 0.3 is 0 Å². The Hall–Kier alpha value is -2.81. The number of hydrogen-bond acceptors (Lipinski definition) is 6. The van der Waals surface area contributed by atoms with E-state index in [1.807, 2.05) is 18.4 Å². The topological polar surface area (TPSA) is 76.9 Å². The number of anilines is 3. The molecule has 1 aromatic carbocycles. The molecule has 1 unspecified atom stereocenters. The fraction of sp³-hybridized carbons (Fsp3) is 0.522. The van der Waals surface area contributed by atoms with Gasteiger partial charge in [-0.25, -0.2) is 18.7 Å². The number of hydrogen-bond donors (Lipinski definition) is 2. The maximum atomic E-state index is 14.2. The molecule has 1 aliphatic heterocycles. The van der Waals surface area contributed by atoms with Gasteiger partial charge in [-0.1, -0.05) is 33.1 Å². The number of benzene rings is 1. The number of fused-ring (bicyclic) bond motifs is 1. The first-order valence-electron chi connectivity index (χ1n) is 11.5. The van der Waals surface area contributed by atoms with E-state index in [1.165, 1.54) is 31.4 Å². The van der Waals surface area contributed by atoms with E-state index in [1.54, 1.807) is 6.20 Å². The van der Waals surface area contributed by atoms with Gasteiger partial charge in [0.1, 0.15) is 17.2 Å². The molecule has 1 aliphatic carbocycles. The van der Waals surface area contributed by atoms with Crippen molar-refractivity contribution in [2.24, 2.45) is 0 Å². The van der Waals surface area contributed by atoms with E-state index in [2.05, 4.69) is 20.6 Å². The molecule has 5 rings (SSSR count). The lowest BCUT2D eigenvalue weighted by molar-refractivity contribution is 0.187. The molecule has 0 spiro atoms. The summed E-state index contributed by atoms with van der Waals surface area (Å²) in [5.41, 5.74) is 1.44. The summed E-state index contributed by atoms with van der Waals surface area (Å²) in [6.45, 7) is 5.17. The van der Waals surface area contributed by atoms with Gasteiger partial charge in [0.2, 0.25) is 11.9 Å². The number of rotatable bonds is 5. The average molecular weight is 445 g/mol. The van der Waals surface area contributed by atoms with Crippen LogP contribution in [-0.4, -0.2) is 38.8 Å². The van der Waals surface area contributed by atoms with Crippen LogP contribution in [0, 0.1) is 11.6 Å². The zero-order valence-corrected chi connectivity index (χ0v) is 18.6. The smallest absolute Gasteiger partial charge is 0.224 e. The van der Waals surface area contributed by atoms with Crippen LogP contribution in [0.4, 0.5) is 26.4 Å². The minimum atomic E-state index is -0.679. The number of ether oxygens (including phenoxy) is 1. The molecule has 0 amide bonds. The molecule has 1 atom stereocenters. The van der Waals surface area contributed by atoms with Crippen LogP contribution < -0.4 is 10.6 Å². The van der Waals surface area contributed by atoms with Gasteiger partial charge in [-0.2, -0.15) is 4.98 Å². The van der Waals surface area contributed by atoms with Crippen molar-refractivity contribution < 1.29 is 13.5 Å². The summed E-state index contributed by atoms with van der Waals surface area (Å²) < 4.78 is 35.0. The van der Waals surface area contributed by atoms with Crippen LogP contribution in [0.25, 0.3) is 11.2 Å². The summed E-state index contributed by atoms with van der Waals surface area (Å²) in [7, 11) is 0. The summed E-state index contributed by atoms with van der Waals surface area (Å²) in [4.78, 5) is 13.8. The van der Waals surface area contributed by atoms with Crippen molar-refractivity contribution in [2.75, 3.05) is 23.8 Å². The predicted molar refractivity (Wildman–Crippen MR) is 121 cm³/mol. The Balaban J connectivity index is 0.00000119. The maximum absolute atomic E-state index is 14.2. The van der Waals surface area contributed by atoms with Crippen molar-refractivity contribution in [3.63, 3.8) is 0 Å². The molecule has 3 heterocycles. The lowest BCUT2D eigenvalue weighted by Gasteiger charge is -2.22. The highest BCUT2D eigenvalue weighted by Gasteiger charge is 2.25. The fourth-order valence-corrected chi connectivity index (χ4v) is 4.26. The van der Waals surface area contributed by atoms with Crippen molar-refractivity contribution in [3.8, 4) is 0 Å². The zero-order valence-electron chi connectivity index (χ0n) is 18.6. The molecule has 0 bridgehead atoms. The first-order valence-corrected chi connectivity index (χ1v) is 11.5. The number of nitrogens with one attached hydrogen (secondary N) is 2. The first-order chi connectivity index (χ1) is 15.7. The first kappa shape index (κ1) is 22.4. The third-order valence-electron chi connectivity index (χ3n) is 5.82. The highest BCUT2D eigenvalue weighted by Crippen LogP contribution is 2.31. The van der Waals surface area contributed by atoms with E-state index in [4.69, 9.17) is 9.72 Å². The Morgan fingerprint density at radius 1 is 1.06 bits per heavy atom. The largest absolute Gasteiger partial charge is 0.379 e. The Bertz CT molecular complexity index is 1040. The van der Waals surface area contributed by atoms with Crippen LogP contribution in [0.5, 0.6) is 0 Å². The maximum Gasteiger partial charge on any atom is 0.224 e. The normalized spacial score (nSPS) is 18.9. The quantitative estimate of drug-likeness (QED) is 0.535. The molecule has 172 valence electrons. The van der Waals surface area contributed by atoms with Gasteiger partial charge in [0.25, 0.3) is 0 Å². The molecule has 2 aromatic heterocycles. The highest BCUT2D eigenvalue weighted by atomic mass is 19.1. The molecule has 9 heteroatoms. The van der Waals surface area contributed by atoms with E-state index >= 15 is 0 Å². The minimum absolute atomic E-state index is 0.0263. The SMILES string of the molecule is CC.Fc1ccc(Nc2nc3cnc(NC4CCCCC4)nc3n2C2CCOC2)c(F)c1. The molecule has 2 N–H and O–H groups in total. The van der Waals surface area contributed by atoms with Gasteiger partial charge in [-0.3, -0.25) is 4.57 Å². The summed E-state index contributed by atoms with van der Waals surface area (Å²) in [6.07, 6.45) is 8.44. The van der Waals surface area contributed by atoms with Crippen LogP contribution in [0.15, 0.2) is 24.4 Å². The Labute approximate surface area is 186 Å². The van der Waals surface area contributed by atoms with Gasteiger partial charge < -0.3 is 15.4 Å². The number of nitrogens with zero attached hydrogens (tertiary/aromatic N) is 4. The highest BCUT2D eigenvalue weighted by molar-refractivity contribution is 5.76. The van der Waals surface area contributed by atoms with Gasteiger partial charge in [-0.05, 0) is 31.4 Å². The standard InChI is InChI=1S/C21H24F2N6O.C2H6/c22-13-6-7-17(16(23)10-13)26-21-27-18-11-24-20(25-14-4-2-1-3-5-14)28-19(18)29(21)15-8-9-30-12-15;1-2/h6-7,10-11,14-15H,1-5,8-9,12H2,(H,26,27)(H,24,25,28);1-2H3. The van der Waals surface area contributed by atoms with Crippen molar-refractivity contribution in [2.45, 2.75) is 64.5 Å². The van der Waals surface area contributed by atoms with E-state index in [9.17, 15) is 8.78 Å². The van der Waals surface area contributed by atoms with Gasteiger partial charge in [0.15, 0.2) is 5.65 Å². The van der Waals surface area contributed by atoms with Crippen LogP contribution in [0.3, 0.4) is 0 Å². The molecule has 1 saturated heterocycles. The summed E-state index contributed by atoms with van der Waals surface area (Å²) >= 11 is 0. The van der Waals surface area contributed by atoms with E-state index in [-0.39, 0.29) is 11.7 Å². The third-order valence-corrected chi connectivity index (χ3v) is 5.82. The van der Waals surface area contributed by atoms with Crippen LogP contribution in [0.1, 0.15) is 58.4 Å². The molecule has 3 aromatic rings. The van der Waals surface area contributed by atoms with E-state index in [0.29, 0.717) is 42.3 Å². The van der Waals surface area contributed by atoms with Crippen LogP contribution in [0.2, 0.25) is 0 Å². The molecular formula is C23H30F2N6O. The second-order valence-corrected chi connectivity index (χ2v) is 7.95. The van der Waals surface area contributed by atoms with Gasteiger partial charge in [0, 0.05) is 18.7 Å². The Morgan fingerprint density at radius 3 is 2.59 bits per heavy atom. The summed E-state index contributed by atoms with van der Waals surface area (Å²) in [6, 6.07) is 3.83. The number of imidazole rings is 1. The second kappa shape index (κ2) is 10.2. The fourth-order valence-electron chi connectivity index (χ4n) is 4.26.